The van der Waals surface area contributed by atoms with Gasteiger partial charge >= 0.3 is 6.09 Å². The number of guanidine groups is 1. The summed E-state index contributed by atoms with van der Waals surface area (Å²) in [5, 5.41) is 9.21. The van der Waals surface area contributed by atoms with Crippen molar-refractivity contribution in [1.29, 1.82) is 0 Å². The number of hydrogen-bond donors (Lipinski definition) is 3. The lowest BCUT2D eigenvalue weighted by molar-refractivity contribution is 0.0529. The molecule has 1 rings (SSSR count). The second-order valence-electron chi connectivity index (χ2n) is 7.47. The van der Waals surface area contributed by atoms with Gasteiger partial charge in [0.25, 0.3) is 0 Å². The molecule has 1 aliphatic rings. The highest BCUT2D eigenvalue weighted by atomic mass is 127. The number of rotatable bonds is 6. The highest BCUT2D eigenvalue weighted by molar-refractivity contribution is 14.0. The van der Waals surface area contributed by atoms with E-state index in [1.54, 1.807) is 0 Å². The number of amides is 1. The molecule has 1 heterocycles. The highest BCUT2D eigenvalue weighted by Gasteiger charge is 2.21. The third-order valence-corrected chi connectivity index (χ3v) is 3.87. The fourth-order valence-electron chi connectivity index (χ4n) is 2.50. The first kappa shape index (κ1) is 25.2. The van der Waals surface area contributed by atoms with Gasteiger partial charge in [-0.3, -0.25) is 9.89 Å². The van der Waals surface area contributed by atoms with Crippen LogP contribution in [0.4, 0.5) is 4.79 Å². The van der Waals surface area contributed by atoms with Crippen LogP contribution < -0.4 is 16.0 Å². The van der Waals surface area contributed by atoms with Crippen molar-refractivity contribution in [2.45, 2.75) is 39.3 Å². The molecule has 1 atom stereocenters. The van der Waals surface area contributed by atoms with Crippen LogP contribution in [0.15, 0.2) is 4.99 Å². The standard InChI is InChI=1S/C17H36N6O2.HI/c1-7-18-15(19-8-9-20-16(24)25-17(2,3)4)21-12-14-13-22(5)10-11-23(14)6;/h14H,7-13H2,1-6H3,(H,20,24)(H2,18,19,21);1H. The minimum absolute atomic E-state index is 0. The van der Waals surface area contributed by atoms with Crippen LogP contribution in [-0.4, -0.2) is 93.4 Å². The van der Waals surface area contributed by atoms with Gasteiger partial charge in [-0.2, -0.15) is 0 Å². The first-order chi connectivity index (χ1) is 11.7. The van der Waals surface area contributed by atoms with Crippen molar-refractivity contribution in [3.05, 3.63) is 0 Å². The molecule has 1 amide bonds. The van der Waals surface area contributed by atoms with Gasteiger partial charge in [0.1, 0.15) is 5.60 Å². The Kier molecular flexibility index (Phi) is 12.2. The van der Waals surface area contributed by atoms with Gasteiger partial charge in [0, 0.05) is 45.3 Å². The van der Waals surface area contributed by atoms with Crippen molar-refractivity contribution >= 4 is 36.0 Å². The first-order valence-electron chi connectivity index (χ1n) is 9.09. The number of hydrogen-bond acceptors (Lipinski definition) is 5. The molecule has 1 unspecified atom stereocenters. The molecule has 8 nitrogen and oxygen atoms in total. The van der Waals surface area contributed by atoms with Gasteiger partial charge in [0.2, 0.25) is 0 Å². The normalized spacial score (nSPS) is 19.5. The molecule has 0 aromatic carbocycles. The number of carbonyl (C=O) groups excluding carboxylic acids is 1. The maximum absolute atomic E-state index is 11.6. The molecule has 1 aliphatic heterocycles. The molecule has 26 heavy (non-hydrogen) atoms. The van der Waals surface area contributed by atoms with Gasteiger partial charge < -0.3 is 25.6 Å². The van der Waals surface area contributed by atoms with E-state index >= 15 is 0 Å². The summed E-state index contributed by atoms with van der Waals surface area (Å²) in [5.74, 6) is 0.773. The largest absolute Gasteiger partial charge is 0.444 e. The van der Waals surface area contributed by atoms with E-state index in [9.17, 15) is 4.79 Å². The van der Waals surface area contributed by atoms with Crippen LogP contribution in [0, 0.1) is 0 Å². The molecule has 9 heteroatoms. The first-order valence-corrected chi connectivity index (χ1v) is 9.09. The van der Waals surface area contributed by atoms with E-state index in [-0.39, 0.29) is 24.0 Å². The monoisotopic (exact) mass is 484 g/mol. The van der Waals surface area contributed by atoms with Crippen molar-refractivity contribution in [2.24, 2.45) is 4.99 Å². The lowest BCUT2D eigenvalue weighted by Gasteiger charge is -2.36. The fraction of sp³-hybridized carbons (Fsp3) is 0.882. The third kappa shape index (κ3) is 11.0. The van der Waals surface area contributed by atoms with Crippen molar-refractivity contribution in [2.75, 3.05) is 59.9 Å². The number of carbonyl (C=O) groups is 1. The van der Waals surface area contributed by atoms with Crippen LogP contribution in [0.3, 0.4) is 0 Å². The quantitative estimate of drug-likeness (QED) is 0.225. The van der Waals surface area contributed by atoms with Crippen molar-refractivity contribution in [3.63, 3.8) is 0 Å². The van der Waals surface area contributed by atoms with E-state index in [1.165, 1.54) is 0 Å². The van der Waals surface area contributed by atoms with E-state index in [0.717, 1.165) is 38.7 Å². The minimum atomic E-state index is -0.479. The molecule has 0 spiro atoms. The maximum atomic E-state index is 11.6. The zero-order chi connectivity index (χ0) is 18.9. The Balaban J connectivity index is 0.00000625. The average Bonchev–Trinajstić information content (AvgIpc) is 2.50. The molecular formula is C17H37IN6O2. The average molecular weight is 484 g/mol. The number of likely N-dealkylation sites (N-methyl/N-ethyl adjacent to an activating group) is 2. The summed E-state index contributed by atoms with van der Waals surface area (Å²) in [5.41, 5.74) is -0.479. The molecule has 1 fully saturated rings. The minimum Gasteiger partial charge on any atom is -0.444 e. The predicted molar refractivity (Wildman–Crippen MR) is 118 cm³/mol. The number of ether oxygens (including phenoxy) is 1. The molecule has 0 bridgehead atoms. The third-order valence-electron chi connectivity index (χ3n) is 3.87. The Morgan fingerprint density at radius 1 is 1.15 bits per heavy atom. The molecule has 0 aliphatic carbocycles. The molecule has 154 valence electrons. The number of nitrogens with one attached hydrogen (secondary N) is 3. The highest BCUT2D eigenvalue weighted by Crippen LogP contribution is 2.06. The van der Waals surface area contributed by atoms with Crippen molar-refractivity contribution in [1.82, 2.24) is 25.8 Å². The van der Waals surface area contributed by atoms with E-state index < -0.39 is 11.7 Å². The number of piperazine rings is 1. The molecule has 0 aromatic rings. The number of halogens is 1. The summed E-state index contributed by atoms with van der Waals surface area (Å²) in [6, 6.07) is 0.425. The van der Waals surface area contributed by atoms with Gasteiger partial charge in [0.15, 0.2) is 5.96 Å². The molecule has 0 radical (unpaired) electrons. The fourth-order valence-corrected chi connectivity index (χ4v) is 2.50. The van der Waals surface area contributed by atoms with E-state index in [4.69, 9.17) is 4.74 Å². The van der Waals surface area contributed by atoms with Crippen LogP contribution >= 0.6 is 24.0 Å². The van der Waals surface area contributed by atoms with Gasteiger partial charge in [-0.1, -0.05) is 0 Å². The lowest BCUT2D eigenvalue weighted by Crippen LogP contribution is -2.51. The van der Waals surface area contributed by atoms with E-state index in [2.05, 4.69) is 44.8 Å². The van der Waals surface area contributed by atoms with Crippen LogP contribution in [0.25, 0.3) is 0 Å². The Hall–Kier alpha value is -0.810. The van der Waals surface area contributed by atoms with Crippen LogP contribution in [0.5, 0.6) is 0 Å². The lowest BCUT2D eigenvalue weighted by atomic mass is 10.2. The van der Waals surface area contributed by atoms with Crippen molar-refractivity contribution in [3.8, 4) is 0 Å². The van der Waals surface area contributed by atoms with E-state index in [1.807, 2.05) is 27.7 Å². The SMILES string of the molecule is CCNC(=NCC1CN(C)CCN1C)NCCNC(=O)OC(C)(C)C.I. The van der Waals surface area contributed by atoms with Crippen molar-refractivity contribution < 1.29 is 9.53 Å². The number of aliphatic imine (C=N–C) groups is 1. The molecule has 3 N–H and O–H groups in total. The summed E-state index contributed by atoms with van der Waals surface area (Å²) in [7, 11) is 4.30. The molecular weight excluding hydrogens is 447 g/mol. The zero-order valence-electron chi connectivity index (χ0n) is 17.1. The number of alkyl carbamates (subject to hydrolysis) is 1. The number of nitrogens with zero attached hydrogens (tertiary/aromatic N) is 3. The summed E-state index contributed by atoms with van der Waals surface area (Å²) in [4.78, 5) is 21.0. The van der Waals surface area contributed by atoms with E-state index in [0.29, 0.717) is 19.1 Å². The zero-order valence-corrected chi connectivity index (χ0v) is 19.4. The molecule has 1 saturated heterocycles. The topological polar surface area (TPSA) is 81.2 Å². The van der Waals surface area contributed by atoms with Gasteiger partial charge in [-0.05, 0) is 41.8 Å². The van der Waals surface area contributed by atoms with Crippen LogP contribution in [-0.2, 0) is 4.74 Å². The predicted octanol–water partition coefficient (Wildman–Crippen LogP) is 0.930. The molecule has 0 aromatic heterocycles. The van der Waals surface area contributed by atoms with Gasteiger partial charge in [-0.15, -0.1) is 24.0 Å². The van der Waals surface area contributed by atoms with Crippen LogP contribution in [0.2, 0.25) is 0 Å². The molecule has 0 saturated carbocycles. The van der Waals surface area contributed by atoms with Crippen LogP contribution in [0.1, 0.15) is 27.7 Å². The second-order valence-corrected chi connectivity index (χ2v) is 7.47. The second kappa shape index (κ2) is 12.6. The van der Waals surface area contributed by atoms with Gasteiger partial charge in [0.05, 0.1) is 6.54 Å². The Morgan fingerprint density at radius 3 is 2.42 bits per heavy atom. The smallest absolute Gasteiger partial charge is 0.407 e. The maximum Gasteiger partial charge on any atom is 0.407 e. The Morgan fingerprint density at radius 2 is 1.81 bits per heavy atom. The summed E-state index contributed by atoms with van der Waals surface area (Å²) in [6.07, 6.45) is -0.400. The summed E-state index contributed by atoms with van der Waals surface area (Å²) < 4.78 is 5.21. The summed E-state index contributed by atoms with van der Waals surface area (Å²) in [6.45, 7) is 13.4. The Labute approximate surface area is 175 Å². The summed E-state index contributed by atoms with van der Waals surface area (Å²) >= 11 is 0. The van der Waals surface area contributed by atoms with Gasteiger partial charge in [-0.25, -0.2) is 4.79 Å². The Bertz CT molecular complexity index is 441.